The number of thiazole rings is 1. The number of nitrogens with zero attached hydrogens (tertiary/aromatic N) is 3. The molecule has 1 N–H and O–H groups in total. The first-order chi connectivity index (χ1) is 10.0. The number of hydrogen-bond acceptors (Lipinski definition) is 5. The van der Waals surface area contributed by atoms with Crippen LogP contribution in [-0.2, 0) is 9.59 Å². The van der Waals surface area contributed by atoms with Crippen molar-refractivity contribution >= 4 is 28.3 Å². The van der Waals surface area contributed by atoms with Crippen molar-refractivity contribution in [1.29, 1.82) is 0 Å². The Morgan fingerprint density at radius 3 is 2.52 bits per heavy atom. The molecule has 0 spiro atoms. The van der Waals surface area contributed by atoms with Crippen LogP contribution in [0.3, 0.4) is 0 Å². The molecule has 1 unspecified atom stereocenters. The van der Waals surface area contributed by atoms with Crippen molar-refractivity contribution in [2.24, 2.45) is 0 Å². The van der Waals surface area contributed by atoms with Gasteiger partial charge in [-0.25, -0.2) is 4.98 Å². The van der Waals surface area contributed by atoms with Crippen molar-refractivity contribution < 1.29 is 9.59 Å². The topological polar surface area (TPSA) is 65.5 Å². The van der Waals surface area contributed by atoms with Gasteiger partial charge in [0, 0.05) is 37.5 Å². The van der Waals surface area contributed by atoms with Crippen LogP contribution in [0.4, 0.5) is 5.13 Å². The van der Waals surface area contributed by atoms with E-state index in [1.807, 2.05) is 11.8 Å². The number of carbonyl (C=O) groups is 2. The smallest absolute Gasteiger partial charge is 0.245 e. The monoisotopic (exact) mass is 308 g/mol. The number of rotatable bonds is 2. The van der Waals surface area contributed by atoms with E-state index < -0.39 is 0 Å². The molecule has 1 aromatic heterocycles. The summed E-state index contributed by atoms with van der Waals surface area (Å²) in [5.41, 5.74) is 1.09. The zero-order chi connectivity index (χ0) is 15.0. The maximum atomic E-state index is 12.3. The summed E-state index contributed by atoms with van der Waals surface area (Å²) in [5, 5.41) is 3.80. The predicted octanol–water partition coefficient (Wildman–Crippen LogP) is 0.687. The average molecular weight is 308 g/mol. The molecule has 21 heavy (non-hydrogen) atoms. The van der Waals surface area contributed by atoms with Gasteiger partial charge in [0.2, 0.25) is 11.8 Å². The molecular formula is C14H20N4O2S. The summed E-state index contributed by atoms with van der Waals surface area (Å²) < 4.78 is 0. The van der Waals surface area contributed by atoms with E-state index in [1.165, 1.54) is 4.88 Å². The number of anilines is 1. The molecular weight excluding hydrogens is 288 g/mol. The molecule has 2 aliphatic heterocycles. The molecule has 2 amide bonds. The van der Waals surface area contributed by atoms with Gasteiger partial charge < -0.3 is 15.1 Å². The minimum absolute atomic E-state index is 0.0132. The molecule has 3 heterocycles. The zero-order valence-corrected chi connectivity index (χ0v) is 13.2. The first-order valence-electron chi connectivity index (χ1n) is 7.31. The number of aryl methyl sites for hydroxylation is 2. The molecule has 114 valence electrons. The van der Waals surface area contributed by atoms with Gasteiger partial charge >= 0.3 is 0 Å². The second-order valence-corrected chi connectivity index (χ2v) is 6.79. The Balaban J connectivity index is 1.57. The van der Waals surface area contributed by atoms with Gasteiger partial charge in [0.05, 0.1) is 5.69 Å². The minimum atomic E-state index is -0.312. The van der Waals surface area contributed by atoms with Crippen LogP contribution in [0.15, 0.2) is 0 Å². The van der Waals surface area contributed by atoms with Gasteiger partial charge in [-0.2, -0.15) is 0 Å². The van der Waals surface area contributed by atoms with Crippen molar-refractivity contribution in [3.05, 3.63) is 10.6 Å². The summed E-state index contributed by atoms with van der Waals surface area (Å²) in [6.45, 7) is 7.11. The van der Waals surface area contributed by atoms with Gasteiger partial charge in [-0.05, 0) is 20.3 Å². The highest BCUT2D eigenvalue weighted by atomic mass is 32.1. The fourth-order valence-corrected chi connectivity index (χ4v) is 3.69. The van der Waals surface area contributed by atoms with Crippen LogP contribution in [0.25, 0.3) is 0 Å². The quantitative estimate of drug-likeness (QED) is 0.873. The SMILES string of the molecule is Cc1nc(N2CCN(C(=O)C3CCC(=O)N3)CC2)sc1C. The van der Waals surface area contributed by atoms with E-state index in [2.05, 4.69) is 22.1 Å². The number of nitrogens with one attached hydrogen (secondary N) is 1. The maximum absolute atomic E-state index is 12.3. The molecule has 7 heteroatoms. The van der Waals surface area contributed by atoms with E-state index in [0.29, 0.717) is 25.9 Å². The molecule has 0 aliphatic carbocycles. The lowest BCUT2D eigenvalue weighted by atomic mass is 10.2. The fourth-order valence-electron chi connectivity index (χ4n) is 2.73. The predicted molar refractivity (Wildman–Crippen MR) is 81.5 cm³/mol. The molecule has 0 aromatic carbocycles. The Labute approximate surface area is 128 Å². The van der Waals surface area contributed by atoms with E-state index in [9.17, 15) is 9.59 Å². The second-order valence-electron chi connectivity index (χ2n) is 5.61. The molecule has 0 saturated carbocycles. The van der Waals surface area contributed by atoms with Crippen molar-refractivity contribution in [1.82, 2.24) is 15.2 Å². The molecule has 2 aliphatic rings. The third-order valence-electron chi connectivity index (χ3n) is 4.17. The Hall–Kier alpha value is -1.63. The van der Waals surface area contributed by atoms with Crippen LogP contribution in [0.5, 0.6) is 0 Å². The normalized spacial score (nSPS) is 22.6. The standard InChI is InChI=1S/C14H20N4O2S/c1-9-10(2)21-14(15-9)18-7-5-17(6-8-18)13(20)11-3-4-12(19)16-11/h11H,3-8H2,1-2H3,(H,16,19). The van der Waals surface area contributed by atoms with Crippen molar-refractivity contribution in [2.75, 3.05) is 31.1 Å². The molecule has 2 fully saturated rings. The van der Waals surface area contributed by atoms with Crippen molar-refractivity contribution in [2.45, 2.75) is 32.7 Å². The van der Waals surface area contributed by atoms with E-state index in [4.69, 9.17) is 0 Å². The van der Waals surface area contributed by atoms with Gasteiger partial charge in [0.1, 0.15) is 6.04 Å². The molecule has 1 atom stereocenters. The highest BCUT2D eigenvalue weighted by Gasteiger charge is 2.32. The molecule has 0 bridgehead atoms. The molecule has 3 rings (SSSR count). The Morgan fingerprint density at radius 1 is 1.29 bits per heavy atom. The largest absolute Gasteiger partial charge is 0.345 e. The molecule has 2 saturated heterocycles. The van der Waals surface area contributed by atoms with Crippen LogP contribution in [0, 0.1) is 13.8 Å². The summed E-state index contributed by atoms with van der Waals surface area (Å²) in [5.74, 6) is 0.0488. The van der Waals surface area contributed by atoms with E-state index in [-0.39, 0.29) is 17.9 Å². The third-order valence-corrected chi connectivity index (χ3v) is 5.31. The highest BCUT2D eigenvalue weighted by Crippen LogP contribution is 2.26. The summed E-state index contributed by atoms with van der Waals surface area (Å²) in [6, 6.07) is -0.312. The van der Waals surface area contributed by atoms with Gasteiger partial charge in [-0.15, -0.1) is 11.3 Å². The number of aromatic nitrogens is 1. The van der Waals surface area contributed by atoms with Crippen LogP contribution in [0.1, 0.15) is 23.4 Å². The van der Waals surface area contributed by atoms with E-state index >= 15 is 0 Å². The van der Waals surface area contributed by atoms with Crippen molar-refractivity contribution in [3.8, 4) is 0 Å². The lowest BCUT2D eigenvalue weighted by Crippen LogP contribution is -2.53. The Morgan fingerprint density at radius 2 is 2.00 bits per heavy atom. The first-order valence-corrected chi connectivity index (χ1v) is 8.13. The zero-order valence-electron chi connectivity index (χ0n) is 12.4. The summed E-state index contributed by atoms with van der Waals surface area (Å²) >= 11 is 1.71. The Bertz CT molecular complexity index is 544. The lowest BCUT2D eigenvalue weighted by Gasteiger charge is -2.35. The molecule has 0 radical (unpaired) electrons. The van der Waals surface area contributed by atoms with Gasteiger partial charge in [-0.1, -0.05) is 0 Å². The third kappa shape index (κ3) is 2.88. The van der Waals surface area contributed by atoms with Gasteiger partial charge in [0.25, 0.3) is 0 Å². The van der Waals surface area contributed by atoms with Crippen LogP contribution < -0.4 is 10.2 Å². The maximum Gasteiger partial charge on any atom is 0.245 e. The molecule has 6 nitrogen and oxygen atoms in total. The van der Waals surface area contributed by atoms with Crippen LogP contribution >= 0.6 is 11.3 Å². The van der Waals surface area contributed by atoms with Crippen molar-refractivity contribution in [3.63, 3.8) is 0 Å². The highest BCUT2D eigenvalue weighted by molar-refractivity contribution is 7.15. The van der Waals surface area contributed by atoms with E-state index in [1.54, 1.807) is 11.3 Å². The number of carbonyl (C=O) groups excluding carboxylic acids is 2. The average Bonchev–Trinajstić information content (AvgIpc) is 3.05. The number of piperazine rings is 1. The molecule has 1 aromatic rings. The number of amides is 2. The minimum Gasteiger partial charge on any atom is -0.345 e. The number of hydrogen-bond donors (Lipinski definition) is 1. The lowest BCUT2D eigenvalue weighted by molar-refractivity contribution is -0.134. The first kappa shape index (κ1) is 14.3. The van der Waals surface area contributed by atoms with Crippen LogP contribution in [0.2, 0.25) is 0 Å². The van der Waals surface area contributed by atoms with Gasteiger partial charge in [-0.3, -0.25) is 9.59 Å². The van der Waals surface area contributed by atoms with Gasteiger partial charge in [0.15, 0.2) is 5.13 Å². The summed E-state index contributed by atoms with van der Waals surface area (Å²) in [7, 11) is 0. The van der Waals surface area contributed by atoms with E-state index in [0.717, 1.165) is 23.9 Å². The summed E-state index contributed by atoms with van der Waals surface area (Å²) in [6.07, 6.45) is 1.09. The fraction of sp³-hybridized carbons (Fsp3) is 0.643. The summed E-state index contributed by atoms with van der Waals surface area (Å²) in [4.78, 5) is 33.5. The van der Waals surface area contributed by atoms with Crippen LogP contribution in [-0.4, -0.2) is 53.9 Å². The Kier molecular flexibility index (Phi) is 3.84. The second kappa shape index (κ2) is 5.63.